The third kappa shape index (κ3) is 6.90. The zero-order valence-corrected chi connectivity index (χ0v) is 22.0. The first-order chi connectivity index (χ1) is 18.3. The standard InChI is InChI=1S/C28H28N6O3S/c1-19-26(38-28(29-19)30-22-12-16-24(17-13-22)34(36)37)25(31-32-27(35)21-7-5-4-6-8-21)18-11-20-9-14-23(15-10-20)33(2)3/h4-18,34,36H,1-3H3,(H,29,30)(H,32,35)/b18-11+,31-25+. The molecular formula is C28H28N6O3S. The number of benzene rings is 3. The third-order valence-corrected chi connectivity index (χ3v) is 6.66. The molecule has 0 bridgehead atoms. The Labute approximate surface area is 224 Å². The van der Waals surface area contributed by atoms with Crippen LogP contribution < -0.4 is 20.9 Å². The van der Waals surface area contributed by atoms with E-state index >= 15 is 0 Å². The summed E-state index contributed by atoms with van der Waals surface area (Å²) in [6.45, 7) is 1.87. The van der Waals surface area contributed by atoms with E-state index in [-0.39, 0.29) is 11.6 Å². The van der Waals surface area contributed by atoms with Gasteiger partial charge in [-0.3, -0.25) is 4.79 Å². The highest BCUT2D eigenvalue weighted by molar-refractivity contribution is 7.17. The molecular weight excluding hydrogens is 500 g/mol. The van der Waals surface area contributed by atoms with Gasteiger partial charge in [-0.05, 0) is 55.0 Å². The first kappa shape index (κ1) is 26.7. The van der Waals surface area contributed by atoms with E-state index in [0.717, 1.165) is 21.8 Å². The SMILES string of the molecule is Cc1nc(Nc2ccc([NH+]([O-])O)cc2)sc1C(/C=C/c1ccc(N(C)C)cc1)=N/NC(=O)c1ccccc1. The van der Waals surface area contributed by atoms with Gasteiger partial charge in [-0.2, -0.15) is 10.3 Å². The average molecular weight is 529 g/mol. The van der Waals surface area contributed by atoms with E-state index in [4.69, 9.17) is 5.21 Å². The molecule has 0 aliphatic heterocycles. The van der Waals surface area contributed by atoms with Crippen LogP contribution in [0.1, 0.15) is 26.5 Å². The number of quaternary nitrogens is 1. The predicted octanol–water partition coefficient (Wildman–Crippen LogP) is 4.51. The lowest BCUT2D eigenvalue weighted by molar-refractivity contribution is -0.991. The van der Waals surface area contributed by atoms with Crippen molar-refractivity contribution in [2.75, 3.05) is 24.3 Å². The zero-order valence-electron chi connectivity index (χ0n) is 21.2. The summed E-state index contributed by atoms with van der Waals surface area (Å²) in [4.78, 5) is 20.1. The van der Waals surface area contributed by atoms with Crippen molar-refractivity contribution < 1.29 is 15.2 Å². The summed E-state index contributed by atoms with van der Waals surface area (Å²) in [7, 11) is 3.98. The number of carbonyl (C=O) groups is 1. The van der Waals surface area contributed by atoms with Crippen LogP contribution >= 0.6 is 11.3 Å². The number of hydrogen-bond donors (Lipinski definition) is 4. The van der Waals surface area contributed by atoms with Gasteiger partial charge in [-0.15, -0.1) is 0 Å². The number of thiazole rings is 1. The predicted molar refractivity (Wildman–Crippen MR) is 153 cm³/mol. The number of aromatic nitrogens is 1. The summed E-state index contributed by atoms with van der Waals surface area (Å²) >= 11 is 1.38. The number of nitrogens with zero attached hydrogens (tertiary/aromatic N) is 3. The minimum Gasteiger partial charge on any atom is -0.595 e. The Balaban J connectivity index is 1.61. The van der Waals surface area contributed by atoms with Crippen molar-refractivity contribution in [3.63, 3.8) is 0 Å². The molecule has 4 aromatic rings. The van der Waals surface area contributed by atoms with Crippen LogP contribution in [-0.4, -0.2) is 35.9 Å². The normalized spacial score (nSPS) is 12.4. The van der Waals surface area contributed by atoms with Crippen molar-refractivity contribution in [1.29, 1.82) is 0 Å². The lowest BCUT2D eigenvalue weighted by Crippen LogP contribution is -2.99. The molecule has 4 N–H and O–H groups in total. The smallest absolute Gasteiger partial charge is 0.271 e. The summed E-state index contributed by atoms with van der Waals surface area (Å²) in [5, 5.41) is 27.5. The minimum atomic E-state index is -0.981. The van der Waals surface area contributed by atoms with Crippen molar-refractivity contribution in [1.82, 2.24) is 10.4 Å². The third-order valence-electron chi connectivity index (χ3n) is 5.57. The molecule has 0 saturated carbocycles. The number of hydrogen-bond acceptors (Lipinski definition) is 8. The number of aryl methyl sites for hydroxylation is 1. The molecule has 1 amide bonds. The second-order valence-corrected chi connectivity index (χ2v) is 9.56. The first-order valence-electron chi connectivity index (χ1n) is 11.8. The van der Waals surface area contributed by atoms with E-state index in [0.29, 0.717) is 22.1 Å². The summed E-state index contributed by atoms with van der Waals surface area (Å²) in [5.41, 5.74) is 7.44. The Bertz CT molecular complexity index is 1430. The van der Waals surface area contributed by atoms with Gasteiger partial charge in [0, 0.05) is 43.2 Å². The van der Waals surface area contributed by atoms with E-state index in [1.165, 1.54) is 23.5 Å². The average Bonchev–Trinajstić information content (AvgIpc) is 3.29. The van der Waals surface area contributed by atoms with Crippen molar-refractivity contribution >= 4 is 51.2 Å². The van der Waals surface area contributed by atoms with Gasteiger partial charge < -0.3 is 15.4 Å². The van der Waals surface area contributed by atoms with Crippen LogP contribution in [0.2, 0.25) is 0 Å². The molecule has 0 radical (unpaired) electrons. The van der Waals surface area contributed by atoms with E-state index < -0.39 is 5.23 Å². The number of amides is 1. The Hall–Kier alpha value is -4.35. The quantitative estimate of drug-likeness (QED) is 0.188. The molecule has 1 unspecified atom stereocenters. The van der Waals surface area contributed by atoms with Crippen LogP contribution in [-0.2, 0) is 0 Å². The maximum Gasteiger partial charge on any atom is 0.271 e. The van der Waals surface area contributed by atoms with Gasteiger partial charge in [0.2, 0.25) is 0 Å². The Morgan fingerprint density at radius 1 is 1.05 bits per heavy atom. The molecule has 3 aromatic carbocycles. The second kappa shape index (κ2) is 12.3. The van der Waals surface area contributed by atoms with Gasteiger partial charge in [0.1, 0.15) is 5.71 Å². The molecule has 10 heteroatoms. The molecule has 0 fully saturated rings. The molecule has 1 atom stereocenters. The van der Waals surface area contributed by atoms with Crippen molar-refractivity contribution in [2.24, 2.45) is 5.10 Å². The molecule has 4 rings (SSSR count). The van der Waals surface area contributed by atoms with Crippen molar-refractivity contribution in [2.45, 2.75) is 6.92 Å². The number of rotatable bonds is 9. The Kier molecular flexibility index (Phi) is 8.62. The minimum absolute atomic E-state index is 0.207. The van der Waals surface area contributed by atoms with E-state index in [9.17, 15) is 10.0 Å². The summed E-state index contributed by atoms with van der Waals surface area (Å²) in [5.74, 6) is -0.314. The highest BCUT2D eigenvalue weighted by Crippen LogP contribution is 2.27. The monoisotopic (exact) mass is 528 g/mol. The lowest BCUT2D eigenvalue weighted by Gasteiger charge is -2.11. The van der Waals surface area contributed by atoms with E-state index in [1.54, 1.807) is 36.4 Å². The molecule has 0 spiro atoms. The molecule has 0 saturated heterocycles. The lowest BCUT2D eigenvalue weighted by atomic mass is 10.1. The van der Waals surface area contributed by atoms with Crippen LogP contribution in [0, 0.1) is 12.1 Å². The molecule has 1 aromatic heterocycles. The van der Waals surface area contributed by atoms with Crippen LogP contribution in [0.25, 0.3) is 6.08 Å². The maximum atomic E-state index is 12.6. The first-order valence-corrected chi connectivity index (χ1v) is 12.6. The number of allylic oxidation sites excluding steroid dienone is 1. The number of nitrogens with one attached hydrogen (secondary N) is 3. The van der Waals surface area contributed by atoms with Gasteiger partial charge >= 0.3 is 0 Å². The Morgan fingerprint density at radius 2 is 1.74 bits per heavy atom. The van der Waals surface area contributed by atoms with Crippen LogP contribution in [0.4, 0.5) is 22.2 Å². The largest absolute Gasteiger partial charge is 0.595 e. The van der Waals surface area contributed by atoms with Gasteiger partial charge in [0.05, 0.1) is 10.6 Å². The summed E-state index contributed by atoms with van der Waals surface area (Å²) in [6, 6.07) is 23.4. The fourth-order valence-electron chi connectivity index (χ4n) is 3.49. The molecule has 194 valence electrons. The Morgan fingerprint density at radius 3 is 2.37 bits per heavy atom. The maximum absolute atomic E-state index is 12.6. The van der Waals surface area contributed by atoms with Gasteiger partial charge in [-0.25, -0.2) is 15.6 Å². The number of hydrazone groups is 1. The highest BCUT2D eigenvalue weighted by atomic mass is 32.1. The molecule has 1 heterocycles. The van der Waals surface area contributed by atoms with Gasteiger partial charge in [0.25, 0.3) is 5.91 Å². The van der Waals surface area contributed by atoms with Crippen LogP contribution in [0.15, 0.2) is 90.0 Å². The summed E-state index contributed by atoms with van der Waals surface area (Å²) in [6.07, 6.45) is 3.78. The van der Waals surface area contributed by atoms with Gasteiger partial charge in [0.15, 0.2) is 10.8 Å². The number of anilines is 3. The highest BCUT2D eigenvalue weighted by Gasteiger charge is 2.14. The van der Waals surface area contributed by atoms with Crippen molar-refractivity contribution in [3.8, 4) is 0 Å². The molecule has 38 heavy (non-hydrogen) atoms. The molecule has 0 aliphatic carbocycles. The second-order valence-electron chi connectivity index (χ2n) is 8.56. The van der Waals surface area contributed by atoms with E-state index in [1.807, 2.05) is 68.4 Å². The topological polar surface area (TPSA) is 117 Å². The summed E-state index contributed by atoms with van der Waals surface area (Å²) < 4.78 is 0. The number of carbonyl (C=O) groups excluding carboxylic acids is 1. The fourth-order valence-corrected chi connectivity index (χ4v) is 4.45. The van der Waals surface area contributed by atoms with Crippen molar-refractivity contribution in [3.05, 3.63) is 112 Å². The molecule has 0 aliphatic rings. The van der Waals surface area contributed by atoms with Crippen LogP contribution in [0.5, 0.6) is 0 Å². The van der Waals surface area contributed by atoms with E-state index in [2.05, 4.69) is 20.8 Å². The fraction of sp³-hybridized carbons (Fsp3) is 0.107. The molecule has 9 nitrogen and oxygen atoms in total. The zero-order chi connectivity index (χ0) is 27.1. The van der Waals surface area contributed by atoms with Crippen LogP contribution in [0.3, 0.4) is 0 Å². The van der Waals surface area contributed by atoms with Gasteiger partial charge in [-0.1, -0.05) is 47.7 Å².